The summed E-state index contributed by atoms with van der Waals surface area (Å²) in [5.74, 6) is 1.02. The van der Waals surface area contributed by atoms with Crippen LogP contribution in [0.1, 0.15) is 31.7 Å². The van der Waals surface area contributed by atoms with Crippen LogP contribution in [-0.2, 0) is 11.2 Å². The highest BCUT2D eigenvalue weighted by Gasteiger charge is 2.08. The Morgan fingerprint density at radius 2 is 1.96 bits per heavy atom. The van der Waals surface area contributed by atoms with E-state index in [1.807, 2.05) is 44.2 Å². The van der Waals surface area contributed by atoms with Crippen molar-refractivity contribution in [1.29, 1.82) is 0 Å². The van der Waals surface area contributed by atoms with Crippen LogP contribution in [-0.4, -0.2) is 10.9 Å². The summed E-state index contributed by atoms with van der Waals surface area (Å²) in [6.07, 6.45) is 1.11. The molecule has 0 aliphatic rings. The second kappa shape index (κ2) is 7.05. The lowest BCUT2D eigenvalue weighted by atomic mass is 10.1. The molecule has 0 bridgehead atoms. The van der Waals surface area contributed by atoms with E-state index in [2.05, 4.69) is 10.3 Å². The van der Waals surface area contributed by atoms with Gasteiger partial charge < -0.3 is 9.73 Å². The molecule has 5 heteroatoms. The van der Waals surface area contributed by atoms with Crippen LogP contribution in [0.3, 0.4) is 0 Å². The Balaban J connectivity index is 1.67. The van der Waals surface area contributed by atoms with Gasteiger partial charge in [0.2, 0.25) is 5.91 Å². The summed E-state index contributed by atoms with van der Waals surface area (Å²) in [7, 11) is 0. The van der Waals surface area contributed by atoms with Crippen LogP contribution in [0.25, 0.3) is 11.1 Å². The third-order valence-corrected chi connectivity index (χ3v) is 3.82. The lowest BCUT2D eigenvalue weighted by molar-refractivity contribution is -0.116. The monoisotopic (exact) mass is 342 g/mol. The Morgan fingerprint density at radius 3 is 2.67 bits per heavy atom. The van der Waals surface area contributed by atoms with Gasteiger partial charge in [-0.15, -0.1) is 0 Å². The van der Waals surface area contributed by atoms with E-state index >= 15 is 0 Å². The molecule has 1 amide bonds. The van der Waals surface area contributed by atoms with Crippen LogP contribution in [0.5, 0.6) is 0 Å². The fraction of sp³-hybridized carbons (Fsp3) is 0.263. The smallest absolute Gasteiger partial charge is 0.224 e. The van der Waals surface area contributed by atoms with E-state index in [1.165, 1.54) is 0 Å². The average Bonchev–Trinajstić information content (AvgIpc) is 2.89. The van der Waals surface area contributed by atoms with Crippen molar-refractivity contribution in [2.45, 2.75) is 26.7 Å². The Bertz CT molecular complexity index is 853. The lowest BCUT2D eigenvalue weighted by Gasteiger charge is -2.07. The molecular formula is C19H19ClN2O2. The van der Waals surface area contributed by atoms with Gasteiger partial charge in [-0.25, -0.2) is 4.98 Å². The van der Waals surface area contributed by atoms with Crippen LogP contribution in [0, 0.1) is 5.92 Å². The Labute approximate surface area is 145 Å². The minimum Gasteiger partial charge on any atom is -0.440 e. The van der Waals surface area contributed by atoms with Gasteiger partial charge in [0.15, 0.2) is 11.5 Å². The minimum absolute atomic E-state index is 0.0357. The standard InChI is InChI=1S/C19H19ClN2O2/c1-12(2)9-18(23)21-15-6-3-13(4-7-15)10-19-22-16-11-14(20)5-8-17(16)24-19/h3-8,11-12H,9-10H2,1-2H3,(H,21,23). The predicted molar refractivity (Wildman–Crippen MR) is 96.4 cm³/mol. The quantitative estimate of drug-likeness (QED) is 0.705. The lowest BCUT2D eigenvalue weighted by Crippen LogP contribution is -2.13. The number of anilines is 1. The molecule has 0 atom stereocenters. The van der Waals surface area contributed by atoms with Crippen molar-refractivity contribution in [1.82, 2.24) is 4.98 Å². The van der Waals surface area contributed by atoms with Gasteiger partial charge in [0.1, 0.15) is 5.52 Å². The maximum absolute atomic E-state index is 11.8. The number of hydrogen-bond donors (Lipinski definition) is 1. The van der Waals surface area contributed by atoms with Crippen molar-refractivity contribution in [3.05, 3.63) is 58.9 Å². The van der Waals surface area contributed by atoms with E-state index in [0.29, 0.717) is 29.7 Å². The Kier molecular flexibility index (Phi) is 4.86. The molecule has 0 fully saturated rings. The number of halogens is 1. The number of aromatic nitrogens is 1. The molecular weight excluding hydrogens is 324 g/mol. The molecule has 3 aromatic rings. The summed E-state index contributed by atoms with van der Waals surface area (Å²) < 4.78 is 5.73. The molecule has 4 nitrogen and oxygen atoms in total. The molecule has 0 saturated heterocycles. The summed E-state index contributed by atoms with van der Waals surface area (Å²) in [6.45, 7) is 4.05. The van der Waals surface area contributed by atoms with Crippen molar-refractivity contribution in [2.75, 3.05) is 5.32 Å². The van der Waals surface area contributed by atoms with Gasteiger partial charge in [-0.3, -0.25) is 4.79 Å². The first-order valence-corrected chi connectivity index (χ1v) is 8.31. The second-order valence-corrected chi connectivity index (χ2v) is 6.68. The van der Waals surface area contributed by atoms with E-state index in [1.54, 1.807) is 12.1 Å². The zero-order valence-corrected chi connectivity index (χ0v) is 14.4. The zero-order chi connectivity index (χ0) is 17.1. The Morgan fingerprint density at radius 1 is 1.21 bits per heavy atom. The van der Waals surface area contributed by atoms with E-state index in [0.717, 1.165) is 22.4 Å². The molecule has 1 heterocycles. The normalized spacial score (nSPS) is 11.2. The van der Waals surface area contributed by atoms with Gasteiger partial charge >= 0.3 is 0 Å². The zero-order valence-electron chi connectivity index (χ0n) is 13.7. The average molecular weight is 343 g/mol. The predicted octanol–water partition coefficient (Wildman–Crippen LogP) is 5.06. The molecule has 0 spiro atoms. The molecule has 0 radical (unpaired) electrons. The van der Waals surface area contributed by atoms with E-state index in [4.69, 9.17) is 16.0 Å². The minimum atomic E-state index is 0.0357. The van der Waals surface area contributed by atoms with Crippen LogP contribution in [0.15, 0.2) is 46.9 Å². The van der Waals surface area contributed by atoms with E-state index in [9.17, 15) is 4.79 Å². The fourth-order valence-corrected chi connectivity index (χ4v) is 2.65. The molecule has 1 aromatic heterocycles. The number of rotatable bonds is 5. The largest absolute Gasteiger partial charge is 0.440 e. The molecule has 124 valence electrons. The number of nitrogens with zero attached hydrogens (tertiary/aromatic N) is 1. The summed E-state index contributed by atoms with van der Waals surface area (Å²) >= 11 is 5.96. The van der Waals surface area contributed by atoms with Crippen molar-refractivity contribution in [3.8, 4) is 0 Å². The summed E-state index contributed by atoms with van der Waals surface area (Å²) in [6, 6.07) is 13.1. The number of carbonyl (C=O) groups excluding carboxylic acids is 1. The topological polar surface area (TPSA) is 55.1 Å². The highest BCUT2D eigenvalue weighted by Crippen LogP contribution is 2.22. The van der Waals surface area contributed by atoms with Gasteiger partial charge in [0.25, 0.3) is 0 Å². The third-order valence-electron chi connectivity index (χ3n) is 3.58. The first-order valence-electron chi connectivity index (χ1n) is 7.93. The molecule has 2 aromatic carbocycles. The molecule has 0 aliphatic carbocycles. The van der Waals surface area contributed by atoms with Crippen LogP contribution in [0.2, 0.25) is 5.02 Å². The summed E-state index contributed by atoms with van der Waals surface area (Å²) in [5.41, 5.74) is 3.35. The number of amides is 1. The highest BCUT2D eigenvalue weighted by atomic mass is 35.5. The molecule has 3 rings (SSSR count). The van der Waals surface area contributed by atoms with Crippen LogP contribution in [0.4, 0.5) is 5.69 Å². The van der Waals surface area contributed by atoms with E-state index < -0.39 is 0 Å². The summed E-state index contributed by atoms with van der Waals surface area (Å²) in [4.78, 5) is 16.2. The number of benzene rings is 2. The number of hydrogen-bond acceptors (Lipinski definition) is 3. The van der Waals surface area contributed by atoms with Crippen LogP contribution < -0.4 is 5.32 Å². The van der Waals surface area contributed by atoms with Crippen LogP contribution >= 0.6 is 11.6 Å². The molecule has 24 heavy (non-hydrogen) atoms. The van der Waals surface area contributed by atoms with Crippen molar-refractivity contribution >= 4 is 34.3 Å². The molecule has 0 aliphatic heterocycles. The molecule has 0 saturated carbocycles. The highest BCUT2D eigenvalue weighted by molar-refractivity contribution is 6.31. The maximum Gasteiger partial charge on any atom is 0.224 e. The molecule has 1 N–H and O–H groups in total. The van der Waals surface area contributed by atoms with E-state index in [-0.39, 0.29) is 5.91 Å². The number of oxazole rings is 1. The maximum atomic E-state index is 11.8. The molecule has 0 unspecified atom stereocenters. The van der Waals surface area contributed by atoms with Gasteiger partial charge in [0, 0.05) is 23.6 Å². The van der Waals surface area contributed by atoms with Crippen molar-refractivity contribution in [3.63, 3.8) is 0 Å². The van der Waals surface area contributed by atoms with Crippen molar-refractivity contribution in [2.24, 2.45) is 5.92 Å². The van der Waals surface area contributed by atoms with Gasteiger partial charge in [-0.05, 0) is 41.8 Å². The second-order valence-electron chi connectivity index (χ2n) is 6.24. The summed E-state index contributed by atoms with van der Waals surface area (Å²) in [5, 5.41) is 3.54. The van der Waals surface area contributed by atoms with Gasteiger partial charge in [-0.1, -0.05) is 37.6 Å². The first-order chi connectivity index (χ1) is 11.5. The SMILES string of the molecule is CC(C)CC(=O)Nc1ccc(Cc2nc3cc(Cl)ccc3o2)cc1. The Hall–Kier alpha value is -2.33. The van der Waals surface area contributed by atoms with Crippen molar-refractivity contribution < 1.29 is 9.21 Å². The number of carbonyl (C=O) groups is 1. The van der Waals surface area contributed by atoms with Gasteiger partial charge in [0.05, 0.1) is 0 Å². The third kappa shape index (κ3) is 4.15. The van der Waals surface area contributed by atoms with Gasteiger partial charge in [-0.2, -0.15) is 0 Å². The number of nitrogens with one attached hydrogen (secondary N) is 1. The number of fused-ring (bicyclic) bond motifs is 1. The first kappa shape index (κ1) is 16.5. The fourth-order valence-electron chi connectivity index (χ4n) is 2.49.